The minimum absolute atomic E-state index is 0.0486. The molecule has 1 N–H and O–H groups in total. The van der Waals surface area contributed by atoms with E-state index in [0.29, 0.717) is 5.69 Å². The fourth-order valence-electron chi connectivity index (χ4n) is 2.56. The first-order valence-corrected chi connectivity index (χ1v) is 6.86. The molecule has 1 heterocycles. The molecule has 108 valence electrons. The van der Waals surface area contributed by atoms with Crippen LogP contribution in [0, 0.1) is 10.1 Å². The quantitative estimate of drug-likeness (QED) is 0.678. The van der Waals surface area contributed by atoms with Crippen LogP contribution in [-0.4, -0.2) is 29.1 Å². The summed E-state index contributed by atoms with van der Waals surface area (Å²) in [4.78, 5) is 23.6. The van der Waals surface area contributed by atoms with Crippen LogP contribution in [0.4, 0.5) is 11.4 Å². The lowest BCUT2D eigenvalue weighted by atomic mass is 10.1. The summed E-state index contributed by atoms with van der Waals surface area (Å²) < 4.78 is 0. The van der Waals surface area contributed by atoms with E-state index in [1.54, 1.807) is 6.07 Å². The normalized spacial score (nSPS) is 16.3. The van der Waals surface area contributed by atoms with Gasteiger partial charge in [0.2, 0.25) is 0 Å². The topological polar surface area (TPSA) is 83.7 Å². The Morgan fingerprint density at radius 1 is 1.15 bits per heavy atom. The molecule has 0 aliphatic carbocycles. The second-order valence-electron chi connectivity index (χ2n) is 5.02. The summed E-state index contributed by atoms with van der Waals surface area (Å²) in [6, 6.07) is 4.14. The highest BCUT2D eigenvalue weighted by Gasteiger charge is 2.22. The van der Waals surface area contributed by atoms with Gasteiger partial charge in [-0.25, -0.2) is 4.79 Å². The number of hydrogen-bond donors (Lipinski definition) is 1. The number of carbonyl (C=O) groups is 1. The van der Waals surface area contributed by atoms with E-state index in [9.17, 15) is 14.9 Å². The highest BCUT2D eigenvalue weighted by atomic mass is 16.6. The Morgan fingerprint density at radius 2 is 1.75 bits per heavy atom. The lowest BCUT2D eigenvalue weighted by Crippen LogP contribution is -2.27. The molecule has 0 unspecified atom stereocenters. The number of nitro benzene ring substituents is 1. The molecular weight excluding hydrogens is 260 g/mol. The summed E-state index contributed by atoms with van der Waals surface area (Å²) in [7, 11) is 0. The highest BCUT2D eigenvalue weighted by Crippen LogP contribution is 2.30. The Hall–Kier alpha value is -2.11. The average molecular weight is 278 g/mol. The van der Waals surface area contributed by atoms with Crippen molar-refractivity contribution in [1.29, 1.82) is 0 Å². The second kappa shape index (κ2) is 6.36. The van der Waals surface area contributed by atoms with Crippen molar-refractivity contribution in [3.63, 3.8) is 0 Å². The lowest BCUT2D eigenvalue weighted by molar-refractivity contribution is -0.384. The zero-order valence-corrected chi connectivity index (χ0v) is 11.2. The predicted octanol–water partition coefficient (Wildman–Crippen LogP) is 3.06. The van der Waals surface area contributed by atoms with Crippen molar-refractivity contribution in [2.45, 2.75) is 32.1 Å². The van der Waals surface area contributed by atoms with E-state index >= 15 is 0 Å². The number of rotatable bonds is 3. The Labute approximate surface area is 117 Å². The molecule has 0 spiro atoms. The molecule has 1 aliphatic heterocycles. The molecule has 0 bridgehead atoms. The van der Waals surface area contributed by atoms with Gasteiger partial charge in [0.1, 0.15) is 5.69 Å². The minimum Gasteiger partial charge on any atom is -0.478 e. The van der Waals surface area contributed by atoms with Crippen LogP contribution in [-0.2, 0) is 0 Å². The zero-order chi connectivity index (χ0) is 14.5. The third-order valence-electron chi connectivity index (χ3n) is 3.62. The molecule has 1 fully saturated rings. The summed E-state index contributed by atoms with van der Waals surface area (Å²) in [6.45, 7) is 1.57. The summed E-state index contributed by atoms with van der Waals surface area (Å²) in [5.74, 6) is -1.15. The third kappa shape index (κ3) is 3.26. The molecule has 6 heteroatoms. The average Bonchev–Trinajstić information content (AvgIpc) is 2.37. The van der Waals surface area contributed by atoms with Crippen LogP contribution in [0.5, 0.6) is 0 Å². The van der Waals surface area contributed by atoms with Crippen molar-refractivity contribution in [3.8, 4) is 0 Å². The number of carboxylic acid groups (broad SMARTS) is 1. The molecule has 0 amide bonds. The van der Waals surface area contributed by atoms with Crippen molar-refractivity contribution >= 4 is 17.3 Å². The van der Waals surface area contributed by atoms with Gasteiger partial charge in [0, 0.05) is 19.2 Å². The first kappa shape index (κ1) is 14.3. The maximum absolute atomic E-state index is 11.2. The molecule has 2 rings (SSSR count). The number of nitro groups is 1. The first-order chi connectivity index (χ1) is 9.59. The minimum atomic E-state index is -1.15. The Morgan fingerprint density at radius 3 is 2.30 bits per heavy atom. The van der Waals surface area contributed by atoms with E-state index in [1.165, 1.54) is 12.5 Å². The van der Waals surface area contributed by atoms with E-state index in [-0.39, 0.29) is 11.3 Å². The van der Waals surface area contributed by atoms with E-state index in [4.69, 9.17) is 5.11 Å². The third-order valence-corrected chi connectivity index (χ3v) is 3.62. The summed E-state index contributed by atoms with van der Waals surface area (Å²) in [6.07, 6.45) is 5.51. The van der Waals surface area contributed by atoms with Crippen LogP contribution in [0.15, 0.2) is 18.2 Å². The molecule has 20 heavy (non-hydrogen) atoms. The van der Waals surface area contributed by atoms with Crippen molar-refractivity contribution in [2.75, 3.05) is 18.0 Å². The molecule has 0 aromatic heterocycles. The first-order valence-electron chi connectivity index (χ1n) is 6.86. The van der Waals surface area contributed by atoms with Gasteiger partial charge < -0.3 is 10.0 Å². The molecule has 0 saturated carbocycles. The van der Waals surface area contributed by atoms with Gasteiger partial charge >= 0.3 is 5.97 Å². The maximum Gasteiger partial charge on any atom is 0.335 e. The number of benzene rings is 1. The highest BCUT2D eigenvalue weighted by molar-refractivity contribution is 5.89. The molecular formula is C14H18N2O4. The summed E-state index contributed by atoms with van der Waals surface area (Å²) in [5.41, 5.74) is 0.361. The molecule has 1 aromatic carbocycles. The largest absolute Gasteiger partial charge is 0.478 e. The monoisotopic (exact) mass is 278 g/mol. The van der Waals surface area contributed by atoms with Gasteiger partial charge in [-0.3, -0.25) is 10.1 Å². The lowest BCUT2D eigenvalue weighted by Gasteiger charge is -2.26. The Bertz CT molecular complexity index is 508. The number of nitrogens with zero attached hydrogens (tertiary/aromatic N) is 2. The van der Waals surface area contributed by atoms with E-state index < -0.39 is 10.9 Å². The molecule has 1 saturated heterocycles. The van der Waals surface area contributed by atoms with Gasteiger partial charge in [-0.1, -0.05) is 19.3 Å². The number of carboxylic acids is 1. The van der Waals surface area contributed by atoms with Gasteiger partial charge in [-0.15, -0.1) is 0 Å². The van der Waals surface area contributed by atoms with Crippen LogP contribution >= 0.6 is 0 Å². The SMILES string of the molecule is O=C(O)c1ccc(N2CCCCCCC2)c([N+](=O)[O-])c1. The van der Waals surface area contributed by atoms with Crippen LogP contribution < -0.4 is 4.90 Å². The fourth-order valence-corrected chi connectivity index (χ4v) is 2.56. The summed E-state index contributed by atoms with van der Waals surface area (Å²) in [5, 5.41) is 20.1. The zero-order valence-electron chi connectivity index (χ0n) is 11.2. The van der Waals surface area contributed by atoms with Crippen molar-refractivity contribution in [1.82, 2.24) is 0 Å². The molecule has 0 radical (unpaired) electrons. The van der Waals surface area contributed by atoms with Crippen molar-refractivity contribution < 1.29 is 14.8 Å². The van der Waals surface area contributed by atoms with Crippen LogP contribution in [0.1, 0.15) is 42.5 Å². The van der Waals surface area contributed by atoms with Gasteiger partial charge in [-0.2, -0.15) is 0 Å². The number of anilines is 1. The maximum atomic E-state index is 11.2. The van der Waals surface area contributed by atoms with Crippen molar-refractivity contribution in [3.05, 3.63) is 33.9 Å². The number of aromatic carboxylic acids is 1. The molecule has 6 nitrogen and oxygen atoms in total. The van der Waals surface area contributed by atoms with E-state index in [1.807, 2.05) is 4.90 Å². The van der Waals surface area contributed by atoms with Gasteiger partial charge in [-0.05, 0) is 25.0 Å². The molecule has 0 atom stereocenters. The smallest absolute Gasteiger partial charge is 0.335 e. The standard InChI is InChI=1S/C14H18N2O4/c17-14(18)11-6-7-12(13(10-11)16(19)20)15-8-4-2-1-3-5-9-15/h6-7,10H,1-5,8-9H2,(H,17,18). The Kier molecular flexibility index (Phi) is 4.55. The van der Waals surface area contributed by atoms with Crippen molar-refractivity contribution in [2.24, 2.45) is 0 Å². The van der Waals surface area contributed by atoms with Gasteiger partial charge in [0.25, 0.3) is 5.69 Å². The molecule has 1 aromatic rings. The van der Waals surface area contributed by atoms with Crippen LogP contribution in [0.25, 0.3) is 0 Å². The summed E-state index contributed by atoms with van der Waals surface area (Å²) >= 11 is 0. The second-order valence-corrected chi connectivity index (χ2v) is 5.02. The van der Waals surface area contributed by atoms with Gasteiger partial charge in [0.15, 0.2) is 0 Å². The van der Waals surface area contributed by atoms with E-state index in [2.05, 4.69) is 0 Å². The molecule has 1 aliphatic rings. The van der Waals surface area contributed by atoms with Crippen LogP contribution in [0.2, 0.25) is 0 Å². The van der Waals surface area contributed by atoms with Gasteiger partial charge in [0.05, 0.1) is 10.5 Å². The number of hydrogen-bond acceptors (Lipinski definition) is 4. The van der Waals surface area contributed by atoms with Crippen LogP contribution in [0.3, 0.4) is 0 Å². The fraction of sp³-hybridized carbons (Fsp3) is 0.500. The predicted molar refractivity (Wildman–Crippen MR) is 75.4 cm³/mol. The van der Waals surface area contributed by atoms with E-state index in [0.717, 1.165) is 44.8 Å². The Balaban J connectivity index is 2.33.